The number of carbonyl (C=O) groups is 12. The Hall–Kier alpha value is -2.46. The number of likely N-dealkylation sites (tertiary alicyclic amines) is 1. The Morgan fingerprint density at radius 2 is 0.931 bits per heavy atom. The Labute approximate surface area is 579 Å². The first kappa shape index (κ1) is 119. The standard InChI is InChI=1S/C6H5B3ClNO.2C6H11ClN2O2.C4H6ClNO.2C4H7ClO.C3H5ClO2.C2H4ClNO3S.C2H3ClO.C2H5Cl.2C2H6.CH2ClNO.2CH4.B2.B/c10-6(12)11-1-4-5(2-11)9-8-3-7-4;2*1-5(10)8(2)4-9(3)6(7)11;5-4(7)6-2-1-3-6;2*1-2-3-4(5)6;1-6-2-3(4)5;1-8(6,7)4-2(3)5;1-2(3)4;1-2-3;2*1-2;2-1(3)4;;;1-2;/h3H,1-2H2;2*4H2,1-3H3;1-3H2;2*2-3H2,1H3;2H2,1H3;1H3,(H,4,5);1H3;2H2,1H3;2*1-2H3;(H2,3,4);2*1H4;;. The van der Waals surface area contributed by atoms with Crippen LogP contribution in [0, 0.1) is 0 Å². The summed E-state index contributed by atoms with van der Waals surface area (Å²) in [6, 6.07) is 0. The van der Waals surface area contributed by atoms with Crippen LogP contribution in [0.1, 0.15) is 127 Å². The number of hydrogen-bond donors (Lipinski definition) is 2. The number of halogens is 11. The zero-order valence-electron chi connectivity index (χ0n) is 50.7. The van der Waals surface area contributed by atoms with E-state index in [0.717, 1.165) is 44.5 Å². The molecule has 0 atom stereocenters. The van der Waals surface area contributed by atoms with E-state index in [0.29, 0.717) is 25.9 Å². The summed E-state index contributed by atoms with van der Waals surface area (Å²) in [5, 5.41) is -5.08. The molecule has 501 valence electrons. The maximum absolute atomic E-state index is 10.8. The van der Waals surface area contributed by atoms with E-state index in [1.807, 2.05) is 74.8 Å². The van der Waals surface area contributed by atoms with Gasteiger partial charge in [-0.2, -0.15) is 0 Å². The number of hydrogen-bond acceptors (Lipinski definition) is 15. The Bertz CT molecular complexity index is 1950. The molecule has 0 spiro atoms. The van der Waals surface area contributed by atoms with Gasteiger partial charge in [0.05, 0.1) is 19.6 Å². The van der Waals surface area contributed by atoms with Gasteiger partial charge in [-0.25, -0.2) is 13.1 Å². The van der Waals surface area contributed by atoms with Crippen molar-refractivity contribution in [2.75, 3.05) is 80.5 Å². The fraction of sp³-hybridized carbons (Fsp3) is 0.674. The molecule has 2 aliphatic heterocycles. The topological polar surface area (TPSA) is 306 Å². The maximum atomic E-state index is 10.8. The van der Waals surface area contributed by atoms with Crippen LogP contribution in [0.15, 0.2) is 5.86 Å². The van der Waals surface area contributed by atoms with Gasteiger partial charge in [0.15, 0.2) is 0 Å². The van der Waals surface area contributed by atoms with E-state index in [2.05, 4.69) is 60.7 Å². The second-order valence-corrected chi connectivity index (χ2v) is 20.4. The second kappa shape index (κ2) is 83.5. The molecule has 0 aromatic carbocycles. The normalized spacial score (nSPS) is 9.37. The summed E-state index contributed by atoms with van der Waals surface area (Å²) in [5.74, 6) is 2.49. The van der Waals surface area contributed by atoms with Crippen LogP contribution in [0.3, 0.4) is 0 Å². The van der Waals surface area contributed by atoms with Crippen molar-refractivity contribution in [1.29, 1.82) is 0 Å². The second-order valence-electron chi connectivity index (χ2n) is 14.3. The fourth-order valence-electron chi connectivity index (χ4n) is 3.55. The number of sulfonamides is 1. The maximum Gasteiger partial charge on any atom is 0 e. The molecule has 1 aromatic heterocycles. The Kier molecular flexibility index (Phi) is 114. The van der Waals surface area contributed by atoms with E-state index in [9.17, 15) is 61.2 Å². The van der Waals surface area contributed by atoms with Crippen molar-refractivity contribution in [1.82, 2.24) is 34.1 Å². The monoisotopic (exact) mass is 1470 g/mol. The van der Waals surface area contributed by atoms with E-state index < -0.39 is 36.7 Å². The third kappa shape index (κ3) is 118. The van der Waals surface area contributed by atoms with Crippen LogP contribution in [0.2, 0.25) is 0 Å². The summed E-state index contributed by atoms with van der Waals surface area (Å²) in [6.45, 7) is 27.3. The average molecular weight is 1480 g/mol. The van der Waals surface area contributed by atoms with Gasteiger partial charge in [-0.1, -0.05) is 63.3 Å². The SMILES string of the molecule is C.C.CC.CC.CC(=O)Cl.CC(=O)N(C)CN(C)C(=O)Cl.CC(=O)N(C)CN(C)C(=O)Cl.CCCC(=O)Cl.CCCC(=O)Cl.CCCl.COCC(=O)Cl.CS(=O)(=O)NC(=O)Cl.NC(=O)Cl.O=C(Cl)N1CCC1.O=C(Cl)N1Cc2bbcbc2C1.[B].[B][B]. The number of fused-ring (bicyclic) bond motifs is 1. The number of alkyl halides is 1. The summed E-state index contributed by atoms with van der Waals surface area (Å²) in [4.78, 5) is 129. The van der Waals surface area contributed by atoms with Crippen LogP contribution >= 0.6 is 128 Å². The number of nitrogens with one attached hydrogen (secondary N) is 1. The first-order valence-corrected chi connectivity index (χ1v) is 30.2. The van der Waals surface area contributed by atoms with Gasteiger partial charge in [-0.3, -0.25) is 52.7 Å². The smallest absolute Gasteiger partial charge is 0 e. The summed E-state index contributed by atoms with van der Waals surface area (Å²) >= 11 is 54.1. The van der Waals surface area contributed by atoms with Crippen LogP contribution in [-0.4, -0.2) is 228 Å². The first-order chi connectivity index (χ1) is 38.6. The Morgan fingerprint density at radius 1 is 0.632 bits per heavy atom. The predicted octanol–water partition coefficient (Wildman–Crippen LogP) is 10.8. The molecule has 3 N–H and O–H groups in total. The number of ether oxygens (including phenoxy) is 1. The Morgan fingerprint density at radius 3 is 1.06 bits per heavy atom. The van der Waals surface area contributed by atoms with E-state index >= 15 is 0 Å². The average Bonchev–Trinajstić information content (AvgIpc) is 3.78. The molecule has 0 bridgehead atoms. The molecule has 8 amide bonds. The van der Waals surface area contributed by atoms with Crippen LogP contribution in [-0.2, 0) is 56.6 Å². The molecule has 23 nitrogen and oxygen atoms in total. The minimum atomic E-state index is -3.45. The molecule has 0 saturated carbocycles. The molecule has 7 radical (unpaired) electrons. The third-order valence-electron chi connectivity index (χ3n) is 7.13. The molecule has 1 aromatic rings. The summed E-state index contributed by atoms with van der Waals surface area (Å²) < 4.78 is 25.9. The number of nitrogens with zero attached hydrogens (tertiary/aromatic N) is 6. The van der Waals surface area contributed by atoms with Gasteiger partial charge in [0, 0.05) is 112 Å². The number of carbonyl (C=O) groups excluding carboxylic acids is 12. The van der Waals surface area contributed by atoms with Gasteiger partial charge >= 0.3 is 104 Å². The van der Waals surface area contributed by atoms with Gasteiger partial charge in [-0.05, 0) is 124 Å². The molecule has 3 heterocycles. The van der Waals surface area contributed by atoms with Crippen molar-refractivity contribution < 1.29 is 70.7 Å². The number of rotatable bonds is 11. The van der Waals surface area contributed by atoms with E-state index in [1.54, 1.807) is 23.9 Å². The molecule has 2 aliphatic rings. The molecule has 0 aliphatic carbocycles. The summed E-state index contributed by atoms with van der Waals surface area (Å²) in [5.41, 5.74) is 6.64. The minimum absolute atomic E-state index is 0. The van der Waals surface area contributed by atoms with E-state index in [-0.39, 0.29) is 81.5 Å². The molecule has 41 heteroatoms. The number of methoxy groups -OCH3 is 1. The van der Waals surface area contributed by atoms with Gasteiger partial charge in [0.25, 0.3) is 0 Å². The van der Waals surface area contributed by atoms with Crippen LogP contribution in [0.5, 0.6) is 0 Å². The molecular weight excluding hydrogens is 1390 g/mol. The molecule has 87 heavy (non-hydrogen) atoms. The van der Waals surface area contributed by atoms with E-state index in [1.165, 1.54) is 77.2 Å². The van der Waals surface area contributed by atoms with Crippen molar-refractivity contribution in [3.8, 4) is 0 Å². The number of nitrogens with two attached hydrogens (primary N) is 1. The fourth-order valence-corrected chi connectivity index (χ4v) is 5.14. The molecule has 1 fully saturated rings. The van der Waals surface area contributed by atoms with Crippen molar-refractivity contribution in [2.24, 2.45) is 5.73 Å². The largest absolute Gasteiger partial charge is 0 e. The Balaban J connectivity index is -0.0000000565. The quantitative estimate of drug-likeness (QED) is 0.0684. The summed E-state index contributed by atoms with van der Waals surface area (Å²) in [7, 11) is 12.2. The number of primary amides is 1. The van der Waals surface area contributed by atoms with Crippen molar-refractivity contribution in [2.45, 2.75) is 129 Å². The van der Waals surface area contributed by atoms with Crippen molar-refractivity contribution in [3.63, 3.8) is 0 Å². The van der Waals surface area contributed by atoms with E-state index in [4.69, 9.17) is 97.6 Å². The molecule has 1 saturated heterocycles. The zero-order valence-corrected chi connectivity index (χ0v) is 59.8. The zero-order chi connectivity index (χ0) is 69.5. The molecular formula is C46H86B6Cl11N8O15S. The van der Waals surface area contributed by atoms with Crippen molar-refractivity contribution in [3.05, 3.63) is 16.8 Å². The first-order valence-electron chi connectivity index (χ1n) is 24.0. The molecule has 0 unspecified atom stereocenters. The minimum Gasteiger partial charge on any atom is 0 e. The van der Waals surface area contributed by atoms with Gasteiger partial charge < -0.3 is 35.0 Å². The third-order valence-corrected chi connectivity index (χ3v) is 9.44. The van der Waals surface area contributed by atoms with Crippen LogP contribution in [0.25, 0.3) is 0 Å². The predicted molar refractivity (Wildman–Crippen MR) is 368 cm³/mol. The van der Waals surface area contributed by atoms with Gasteiger partial charge in [0.2, 0.25) is 42.8 Å². The molecule has 3 rings (SSSR count). The van der Waals surface area contributed by atoms with Gasteiger partial charge in [0.1, 0.15) is 6.61 Å². The summed E-state index contributed by atoms with van der Waals surface area (Å²) in [6.07, 6.45) is 4.65. The number of amides is 8. The van der Waals surface area contributed by atoms with Crippen LogP contribution < -0.4 is 10.5 Å². The van der Waals surface area contributed by atoms with Crippen LogP contribution in [0.4, 0.5) is 28.8 Å². The van der Waals surface area contributed by atoms with Gasteiger partial charge in [-0.15, -0.1) is 11.6 Å². The van der Waals surface area contributed by atoms with Crippen molar-refractivity contribution >= 4 is 247 Å².